The van der Waals surface area contributed by atoms with Crippen LogP contribution < -0.4 is 5.73 Å². The third-order valence-electron chi connectivity index (χ3n) is 1.24. The number of carbonyl (C=O) groups excluding carboxylic acids is 1. The normalized spacial score (nSPS) is 8.40. The molecule has 0 radical (unpaired) electrons. The van der Waals surface area contributed by atoms with E-state index in [0.29, 0.717) is 13.1 Å². The number of nitrogen functional groups attached to an aromatic ring is 1. The van der Waals surface area contributed by atoms with Crippen LogP contribution in [0.15, 0.2) is 30.9 Å². The van der Waals surface area contributed by atoms with Crippen molar-refractivity contribution in [1.29, 1.82) is 0 Å². The maximum absolute atomic E-state index is 12.2. The molecule has 5 heteroatoms. The summed E-state index contributed by atoms with van der Waals surface area (Å²) in [4.78, 5) is 9.29. The van der Waals surface area contributed by atoms with Gasteiger partial charge in [0.05, 0.1) is 5.69 Å². The molecule has 1 aromatic rings. The molecule has 1 rings (SSSR count). The van der Waals surface area contributed by atoms with Gasteiger partial charge in [-0.2, -0.15) is 0 Å². The van der Waals surface area contributed by atoms with E-state index in [2.05, 4.69) is 11.3 Å². The van der Waals surface area contributed by atoms with Gasteiger partial charge in [-0.3, -0.25) is 4.79 Å². The van der Waals surface area contributed by atoms with E-state index in [1.54, 1.807) is 0 Å². The molecule has 0 aromatic heterocycles. The fourth-order valence-electron chi connectivity index (χ4n) is 0.609. The molecule has 15 heavy (non-hydrogen) atoms. The van der Waals surface area contributed by atoms with Crippen molar-refractivity contribution in [3.05, 3.63) is 42.5 Å². The molecule has 82 valence electrons. The Hall–Kier alpha value is -1.91. The molecule has 1 aromatic carbocycles. The number of hydrogen-bond donors (Lipinski definition) is 1. The zero-order valence-electron chi connectivity index (χ0n) is 7.95. The summed E-state index contributed by atoms with van der Waals surface area (Å²) in [5, 5.41) is 0. The predicted molar refractivity (Wildman–Crippen MR) is 53.0 cm³/mol. The number of rotatable bonds is 3. The monoisotopic (exact) mass is 215 g/mol. The Bertz CT molecular complexity index is 321. The Kier molecular flexibility index (Phi) is 6.54. The van der Waals surface area contributed by atoms with E-state index >= 15 is 0 Å². The van der Waals surface area contributed by atoms with Gasteiger partial charge >= 0.3 is 0 Å². The van der Waals surface area contributed by atoms with Gasteiger partial charge in [-0.05, 0) is 12.1 Å². The molecule has 0 heterocycles. The summed E-state index contributed by atoms with van der Waals surface area (Å²) in [5.41, 5.74) is 5.02. The van der Waals surface area contributed by atoms with Crippen molar-refractivity contribution in [2.24, 2.45) is 0 Å². The highest BCUT2D eigenvalue weighted by atomic mass is 19.1. The Morgan fingerprint density at radius 2 is 2.13 bits per heavy atom. The summed E-state index contributed by atoms with van der Waals surface area (Å²) in [5.74, 6) is -1.32. The van der Waals surface area contributed by atoms with Crippen LogP contribution in [0, 0.1) is 11.6 Å². The number of carbonyl (C=O) groups is 1. The molecule has 0 atom stereocenters. The zero-order valence-corrected chi connectivity index (χ0v) is 7.95. The molecule has 0 spiro atoms. The molecule has 3 nitrogen and oxygen atoms in total. The SMILES string of the molecule is C=CCOC=O.Nc1ccc(F)cc1F. The van der Waals surface area contributed by atoms with E-state index in [1.165, 1.54) is 12.1 Å². The lowest BCUT2D eigenvalue weighted by atomic mass is 10.3. The van der Waals surface area contributed by atoms with Crippen molar-refractivity contribution in [2.75, 3.05) is 12.3 Å². The predicted octanol–water partition coefficient (Wildman–Crippen LogP) is 1.89. The maximum Gasteiger partial charge on any atom is 0.293 e. The van der Waals surface area contributed by atoms with Gasteiger partial charge in [-0.15, -0.1) is 0 Å². The molecule has 0 bridgehead atoms. The fraction of sp³-hybridized carbons (Fsp3) is 0.100. The van der Waals surface area contributed by atoms with E-state index in [4.69, 9.17) is 5.73 Å². The first-order valence-corrected chi connectivity index (χ1v) is 3.98. The average Bonchev–Trinajstić information content (AvgIpc) is 2.22. The maximum atomic E-state index is 12.2. The van der Waals surface area contributed by atoms with Crippen LogP contribution in [-0.4, -0.2) is 13.1 Å². The summed E-state index contributed by atoms with van der Waals surface area (Å²) in [7, 11) is 0. The molecular formula is C10H11F2NO2. The van der Waals surface area contributed by atoms with Crippen LogP contribution in [-0.2, 0) is 9.53 Å². The molecular weight excluding hydrogens is 204 g/mol. The summed E-state index contributed by atoms with van der Waals surface area (Å²) >= 11 is 0. The highest BCUT2D eigenvalue weighted by molar-refractivity contribution is 5.38. The van der Waals surface area contributed by atoms with Gasteiger partial charge in [0.25, 0.3) is 6.47 Å². The quantitative estimate of drug-likeness (QED) is 0.362. The number of hydrogen-bond acceptors (Lipinski definition) is 3. The Morgan fingerprint density at radius 3 is 2.47 bits per heavy atom. The molecule has 0 saturated carbocycles. The number of benzene rings is 1. The zero-order chi connectivity index (χ0) is 11.7. The van der Waals surface area contributed by atoms with Crippen LogP contribution >= 0.6 is 0 Å². The first-order valence-electron chi connectivity index (χ1n) is 3.98. The lowest BCUT2D eigenvalue weighted by molar-refractivity contribution is -0.127. The topological polar surface area (TPSA) is 52.3 Å². The van der Waals surface area contributed by atoms with Crippen LogP contribution in [0.4, 0.5) is 14.5 Å². The number of anilines is 1. The van der Waals surface area contributed by atoms with Gasteiger partial charge in [-0.25, -0.2) is 8.78 Å². The molecule has 0 saturated heterocycles. The molecule has 0 unspecified atom stereocenters. The standard InChI is InChI=1S/C6H5F2N.C4H6O2/c7-4-1-2-6(9)5(8)3-4;1-2-3-6-4-5/h1-3H,9H2;2,4H,1,3H2. The third-order valence-corrected chi connectivity index (χ3v) is 1.24. The molecule has 0 amide bonds. The smallest absolute Gasteiger partial charge is 0.293 e. The minimum Gasteiger partial charge on any atom is -0.464 e. The van der Waals surface area contributed by atoms with Gasteiger partial charge < -0.3 is 10.5 Å². The van der Waals surface area contributed by atoms with Crippen molar-refractivity contribution in [1.82, 2.24) is 0 Å². The van der Waals surface area contributed by atoms with Crippen molar-refractivity contribution in [2.45, 2.75) is 0 Å². The van der Waals surface area contributed by atoms with Crippen molar-refractivity contribution < 1.29 is 18.3 Å². The largest absolute Gasteiger partial charge is 0.464 e. The molecule has 2 N–H and O–H groups in total. The minimum atomic E-state index is -0.713. The average molecular weight is 215 g/mol. The van der Waals surface area contributed by atoms with Crippen LogP contribution in [0.5, 0.6) is 0 Å². The third kappa shape index (κ3) is 6.20. The summed E-state index contributed by atoms with van der Waals surface area (Å²) < 4.78 is 28.5. The van der Waals surface area contributed by atoms with Crippen molar-refractivity contribution >= 4 is 12.2 Å². The Labute approximate surface area is 86.2 Å². The highest BCUT2D eigenvalue weighted by Crippen LogP contribution is 2.09. The second-order valence-electron chi connectivity index (χ2n) is 2.38. The van der Waals surface area contributed by atoms with Gasteiger partial charge in [0.15, 0.2) is 0 Å². The lowest BCUT2D eigenvalue weighted by Crippen LogP contribution is -1.89. The first kappa shape index (κ1) is 13.1. The van der Waals surface area contributed by atoms with E-state index in [9.17, 15) is 13.6 Å². The summed E-state index contributed by atoms with van der Waals surface area (Å²) in [6.45, 7) is 4.01. The lowest BCUT2D eigenvalue weighted by Gasteiger charge is -1.92. The molecule has 0 aliphatic rings. The van der Waals surface area contributed by atoms with E-state index in [-0.39, 0.29) is 5.69 Å². The first-order chi connectivity index (χ1) is 7.11. The van der Waals surface area contributed by atoms with Crippen LogP contribution in [0.25, 0.3) is 0 Å². The Morgan fingerprint density at radius 1 is 1.47 bits per heavy atom. The van der Waals surface area contributed by atoms with E-state index in [0.717, 1.165) is 12.1 Å². The molecule has 0 fully saturated rings. The second kappa shape index (κ2) is 7.49. The van der Waals surface area contributed by atoms with Crippen LogP contribution in [0.1, 0.15) is 0 Å². The molecule has 0 aliphatic heterocycles. The number of halogens is 2. The highest BCUT2D eigenvalue weighted by Gasteiger charge is 1.96. The second-order valence-corrected chi connectivity index (χ2v) is 2.38. The molecule has 0 aliphatic carbocycles. The van der Waals surface area contributed by atoms with Crippen LogP contribution in [0.2, 0.25) is 0 Å². The number of nitrogens with two attached hydrogens (primary N) is 1. The summed E-state index contributed by atoms with van der Waals surface area (Å²) in [6.07, 6.45) is 1.51. The van der Waals surface area contributed by atoms with Crippen molar-refractivity contribution in [3.63, 3.8) is 0 Å². The van der Waals surface area contributed by atoms with E-state index in [1.807, 2.05) is 0 Å². The van der Waals surface area contributed by atoms with Gasteiger partial charge in [-0.1, -0.05) is 12.7 Å². The summed E-state index contributed by atoms with van der Waals surface area (Å²) in [6, 6.07) is 3.04. The van der Waals surface area contributed by atoms with Gasteiger partial charge in [0.1, 0.15) is 18.2 Å². The van der Waals surface area contributed by atoms with Crippen LogP contribution in [0.3, 0.4) is 0 Å². The Balaban J connectivity index is 0.000000288. The van der Waals surface area contributed by atoms with Crippen molar-refractivity contribution in [3.8, 4) is 0 Å². The van der Waals surface area contributed by atoms with E-state index < -0.39 is 11.6 Å². The van der Waals surface area contributed by atoms with Gasteiger partial charge in [0, 0.05) is 6.07 Å². The number of ether oxygens (including phenoxy) is 1. The minimum absolute atomic E-state index is 0.0311. The van der Waals surface area contributed by atoms with Gasteiger partial charge in [0.2, 0.25) is 0 Å². The fourth-order valence-corrected chi connectivity index (χ4v) is 0.609.